The van der Waals surface area contributed by atoms with E-state index in [1.807, 2.05) is 30.3 Å². The molecule has 0 radical (unpaired) electrons. The number of amides is 2. The van der Waals surface area contributed by atoms with Crippen LogP contribution >= 0.6 is 0 Å². The average Bonchev–Trinajstić information content (AvgIpc) is 3.25. The fourth-order valence-electron chi connectivity index (χ4n) is 4.93. The molecule has 212 valence electrons. The number of fused-ring (bicyclic) bond motifs is 2. The number of carbonyl (C=O) groups excluding carboxylic acids is 2. The van der Waals surface area contributed by atoms with Gasteiger partial charge in [0.15, 0.2) is 5.75 Å². The van der Waals surface area contributed by atoms with Gasteiger partial charge in [0.2, 0.25) is 0 Å². The molecule has 1 aliphatic rings. The minimum absolute atomic E-state index is 0.171. The van der Waals surface area contributed by atoms with Crippen molar-refractivity contribution in [2.24, 2.45) is 0 Å². The second-order valence-corrected chi connectivity index (χ2v) is 10.9. The van der Waals surface area contributed by atoms with Crippen LogP contribution in [0, 0.1) is 5.82 Å². The summed E-state index contributed by atoms with van der Waals surface area (Å²) >= 11 is 0. The summed E-state index contributed by atoms with van der Waals surface area (Å²) in [7, 11) is 3.27. The van der Waals surface area contributed by atoms with Crippen molar-refractivity contribution >= 4 is 22.7 Å². The number of rotatable bonds is 9. The van der Waals surface area contributed by atoms with Crippen molar-refractivity contribution in [2.75, 3.05) is 20.8 Å². The van der Waals surface area contributed by atoms with Gasteiger partial charge in [-0.25, -0.2) is 4.39 Å². The SMILES string of the molecule is COc1ccc(COc2c3c(c(C(=O)NC(C)(C)CO)c4cc(Cc5ccc(F)cc5)cnc24)CN(C)C3=O)cc1. The van der Waals surface area contributed by atoms with Gasteiger partial charge in [-0.15, -0.1) is 0 Å². The first kappa shape index (κ1) is 28.0. The third-order valence-electron chi connectivity index (χ3n) is 7.15. The van der Waals surface area contributed by atoms with Crippen molar-refractivity contribution in [2.45, 2.75) is 39.0 Å². The number of nitrogens with one attached hydrogen (secondary N) is 1. The molecule has 4 aromatic rings. The van der Waals surface area contributed by atoms with Crippen molar-refractivity contribution in [3.05, 3.63) is 100.0 Å². The number of aromatic nitrogens is 1. The number of halogens is 1. The van der Waals surface area contributed by atoms with Crippen LogP contribution in [0.15, 0.2) is 60.8 Å². The summed E-state index contributed by atoms with van der Waals surface area (Å²) in [5, 5.41) is 13.2. The summed E-state index contributed by atoms with van der Waals surface area (Å²) in [6.45, 7) is 3.55. The molecule has 0 saturated heterocycles. The highest BCUT2D eigenvalue weighted by Gasteiger charge is 2.37. The summed E-state index contributed by atoms with van der Waals surface area (Å²) in [4.78, 5) is 33.4. The lowest BCUT2D eigenvalue weighted by molar-refractivity contribution is 0.0810. The summed E-state index contributed by atoms with van der Waals surface area (Å²) in [5.41, 5.74) is 3.21. The third-order valence-corrected chi connectivity index (χ3v) is 7.15. The van der Waals surface area contributed by atoms with Crippen LogP contribution in [0.2, 0.25) is 0 Å². The van der Waals surface area contributed by atoms with E-state index in [2.05, 4.69) is 5.32 Å². The van der Waals surface area contributed by atoms with Crippen LogP contribution in [0.5, 0.6) is 11.5 Å². The van der Waals surface area contributed by atoms with E-state index >= 15 is 0 Å². The van der Waals surface area contributed by atoms with Crippen molar-refractivity contribution in [1.29, 1.82) is 0 Å². The van der Waals surface area contributed by atoms with Crippen LogP contribution < -0.4 is 14.8 Å². The standard InChI is InChI=1S/C32H32FN3O5/c1-32(2,18-37)35-30(38)26-24-14-21(13-19-5-9-22(33)10-6-19)15-34-28(24)29(27-25(26)16-36(3)31(27)39)41-17-20-7-11-23(40-4)12-8-20/h5-12,14-15,37H,13,16-18H2,1-4H3,(H,35,38). The molecule has 1 aromatic heterocycles. The van der Waals surface area contributed by atoms with Crippen molar-refractivity contribution in [3.63, 3.8) is 0 Å². The molecule has 2 heterocycles. The lowest BCUT2D eigenvalue weighted by Crippen LogP contribution is -2.46. The topological polar surface area (TPSA) is 101 Å². The number of benzene rings is 3. The second kappa shape index (κ2) is 11.2. The monoisotopic (exact) mass is 557 g/mol. The number of hydrogen-bond acceptors (Lipinski definition) is 6. The summed E-state index contributed by atoms with van der Waals surface area (Å²) in [5.74, 6) is 0.0221. The van der Waals surface area contributed by atoms with Crippen LogP contribution in [0.1, 0.15) is 56.8 Å². The molecule has 41 heavy (non-hydrogen) atoms. The highest BCUT2D eigenvalue weighted by atomic mass is 19.1. The van der Waals surface area contributed by atoms with Crippen molar-refractivity contribution in [3.8, 4) is 11.5 Å². The molecular weight excluding hydrogens is 525 g/mol. The van der Waals surface area contributed by atoms with Gasteiger partial charge < -0.3 is 24.8 Å². The van der Waals surface area contributed by atoms with Gasteiger partial charge in [-0.3, -0.25) is 14.6 Å². The van der Waals surface area contributed by atoms with Gasteiger partial charge in [-0.05, 0) is 67.3 Å². The first-order valence-electron chi connectivity index (χ1n) is 13.3. The van der Waals surface area contributed by atoms with E-state index in [-0.39, 0.29) is 31.5 Å². The molecule has 0 bridgehead atoms. The van der Waals surface area contributed by atoms with Crippen LogP contribution in [-0.4, -0.2) is 53.1 Å². The lowest BCUT2D eigenvalue weighted by Gasteiger charge is -2.25. The maximum atomic E-state index is 13.8. The quantitative estimate of drug-likeness (QED) is 0.311. The van der Waals surface area contributed by atoms with Gasteiger partial charge in [-0.1, -0.05) is 24.3 Å². The van der Waals surface area contributed by atoms with Crippen molar-refractivity contribution < 1.29 is 28.6 Å². The van der Waals surface area contributed by atoms with Crippen molar-refractivity contribution in [1.82, 2.24) is 15.2 Å². The summed E-state index contributed by atoms with van der Waals surface area (Å²) in [6.07, 6.45) is 2.14. The zero-order valence-electron chi connectivity index (χ0n) is 23.5. The first-order valence-corrected chi connectivity index (χ1v) is 13.3. The molecule has 3 aromatic carbocycles. The van der Waals surface area contributed by atoms with E-state index in [9.17, 15) is 19.1 Å². The second-order valence-electron chi connectivity index (χ2n) is 10.9. The van der Waals surface area contributed by atoms with Crippen LogP contribution in [0.25, 0.3) is 10.9 Å². The molecule has 0 atom stereocenters. The summed E-state index contributed by atoms with van der Waals surface area (Å²) < 4.78 is 25.0. The van der Waals surface area contributed by atoms with Crippen LogP contribution in [-0.2, 0) is 19.6 Å². The molecule has 0 unspecified atom stereocenters. The summed E-state index contributed by atoms with van der Waals surface area (Å²) in [6, 6.07) is 15.5. The predicted molar refractivity (Wildman–Crippen MR) is 153 cm³/mol. The molecule has 2 amide bonds. The zero-order chi connectivity index (χ0) is 29.3. The van der Waals surface area contributed by atoms with Gasteiger partial charge in [0.25, 0.3) is 11.8 Å². The van der Waals surface area contributed by atoms with E-state index in [0.29, 0.717) is 45.5 Å². The molecule has 0 saturated carbocycles. The Kier molecular flexibility index (Phi) is 7.64. The van der Waals surface area contributed by atoms with Gasteiger partial charge in [0.05, 0.1) is 30.4 Å². The molecule has 0 aliphatic carbocycles. The maximum Gasteiger partial charge on any atom is 0.258 e. The van der Waals surface area contributed by atoms with Gasteiger partial charge in [0, 0.05) is 30.7 Å². The first-order chi connectivity index (χ1) is 19.6. The number of carbonyl (C=O) groups is 2. The maximum absolute atomic E-state index is 13.8. The number of aliphatic hydroxyl groups excluding tert-OH is 1. The third kappa shape index (κ3) is 5.71. The Hall–Kier alpha value is -4.50. The molecule has 9 heteroatoms. The smallest absolute Gasteiger partial charge is 0.258 e. The van der Waals surface area contributed by atoms with E-state index in [4.69, 9.17) is 14.5 Å². The number of aliphatic hydroxyl groups is 1. The van der Waals surface area contributed by atoms with E-state index in [0.717, 1.165) is 16.7 Å². The number of nitrogens with zero attached hydrogens (tertiary/aromatic N) is 2. The average molecular weight is 558 g/mol. The molecular formula is C32H32FN3O5. The Morgan fingerprint density at radius 3 is 2.44 bits per heavy atom. The van der Waals surface area contributed by atoms with E-state index < -0.39 is 11.4 Å². The molecule has 0 fully saturated rings. The fourth-order valence-corrected chi connectivity index (χ4v) is 4.93. The Labute approximate surface area is 237 Å². The normalized spacial score (nSPS) is 12.9. The molecule has 5 rings (SSSR count). The Bertz CT molecular complexity index is 1620. The zero-order valence-corrected chi connectivity index (χ0v) is 23.5. The van der Waals surface area contributed by atoms with E-state index in [1.54, 1.807) is 46.3 Å². The number of pyridine rings is 1. The Morgan fingerprint density at radius 2 is 1.78 bits per heavy atom. The van der Waals surface area contributed by atoms with Crippen LogP contribution in [0.3, 0.4) is 0 Å². The van der Waals surface area contributed by atoms with Gasteiger partial charge in [-0.2, -0.15) is 0 Å². The van der Waals surface area contributed by atoms with Gasteiger partial charge >= 0.3 is 0 Å². The number of methoxy groups -OCH3 is 1. The van der Waals surface area contributed by atoms with Gasteiger partial charge in [0.1, 0.15) is 23.7 Å². The highest BCUT2D eigenvalue weighted by Crippen LogP contribution is 2.41. The predicted octanol–water partition coefficient (Wildman–Crippen LogP) is 4.64. The molecule has 2 N–H and O–H groups in total. The Balaban J connectivity index is 1.66. The fraction of sp³-hybridized carbons (Fsp3) is 0.281. The number of ether oxygens (including phenoxy) is 2. The van der Waals surface area contributed by atoms with E-state index in [1.165, 1.54) is 17.0 Å². The minimum atomic E-state index is -0.895. The molecule has 1 aliphatic heterocycles. The largest absolute Gasteiger partial charge is 0.497 e. The van der Waals surface area contributed by atoms with Crippen LogP contribution in [0.4, 0.5) is 4.39 Å². The Morgan fingerprint density at radius 1 is 1.10 bits per heavy atom. The number of hydrogen-bond donors (Lipinski definition) is 2. The minimum Gasteiger partial charge on any atom is -0.497 e. The molecule has 8 nitrogen and oxygen atoms in total. The highest BCUT2D eigenvalue weighted by molar-refractivity contribution is 6.16. The lowest BCUT2D eigenvalue weighted by atomic mass is 9.93. The molecule has 0 spiro atoms.